The quantitative estimate of drug-likeness (QED) is 0.387. The van der Waals surface area contributed by atoms with Crippen LogP contribution in [0.1, 0.15) is 18.4 Å². The smallest absolute Gasteiger partial charge is 0.170 e. The minimum absolute atomic E-state index is 0.0698. The number of nitrogens with zero attached hydrogens (tertiary/aromatic N) is 3. The van der Waals surface area contributed by atoms with Crippen molar-refractivity contribution in [2.24, 2.45) is 10.9 Å². The molecule has 1 aliphatic rings. The molecule has 1 aromatic rings. The molecule has 6 heteroatoms. The largest absolute Gasteiger partial charge is 0.409 e. The first-order chi connectivity index (χ1) is 9.52. The van der Waals surface area contributed by atoms with E-state index >= 15 is 0 Å². The molecule has 1 aromatic carbocycles. The van der Waals surface area contributed by atoms with Crippen molar-refractivity contribution in [3.8, 4) is 0 Å². The van der Waals surface area contributed by atoms with E-state index < -0.39 is 0 Å². The van der Waals surface area contributed by atoms with E-state index in [0.717, 1.165) is 31.6 Å². The van der Waals surface area contributed by atoms with Gasteiger partial charge in [0, 0.05) is 18.7 Å². The third-order valence-corrected chi connectivity index (χ3v) is 4.27. The summed E-state index contributed by atoms with van der Waals surface area (Å²) in [4.78, 5) is 4.57. The number of oxime groups is 1. The van der Waals surface area contributed by atoms with E-state index in [1.807, 2.05) is 12.1 Å². The lowest BCUT2D eigenvalue weighted by Gasteiger charge is -2.36. The molecule has 0 aliphatic carbocycles. The average Bonchev–Trinajstić information content (AvgIpc) is 2.46. The number of anilines is 1. The number of hydrogen-bond donors (Lipinski definition) is 2. The predicted molar refractivity (Wildman–Crippen MR) is 82.9 cm³/mol. The molecular weight excluding hydrogens is 276 g/mol. The van der Waals surface area contributed by atoms with Crippen LogP contribution >= 0.6 is 11.6 Å². The second kappa shape index (κ2) is 6.33. The minimum Gasteiger partial charge on any atom is -0.409 e. The molecule has 0 unspecified atom stereocenters. The van der Waals surface area contributed by atoms with E-state index in [1.54, 1.807) is 6.07 Å². The molecule has 1 aliphatic heterocycles. The Balaban J connectivity index is 2.16. The average molecular weight is 297 g/mol. The van der Waals surface area contributed by atoms with E-state index in [9.17, 15) is 0 Å². The molecule has 0 bridgehead atoms. The van der Waals surface area contributed by atoms with Crippen LogP contribution in [0.5, 0.6) is 0 Å². The maximum absolute atomic E-state index is 8.69. The fraction of sp³-hybridized carbons (Fsp3) is 0.500. The topological polar surface area (TPSA) is 65.1 Å². The fourth-order valence-corrected chi connectivity index (χ4v) is 2.90. The van der Waals surface area contributed by atoms with Gasteiger partial charge in [-0.2, -0.15) is 0 Å². The van der Waals surface area contributed by atoms with Crippen molar-refractivity contribution in [2.75, 3.05) is 32.1 Å². The Morgan fingerprint density at radius 1 is 1.45 bits per heavy atom. The van der Waals surface area contributed by atoms with Gasteiger partial charge in [-0.05, 0) is 51.2 Å². The number of hydrogen-bond acceptors (Lipinski definition) is 4. The molecule has 0 atom stereocenters. The van der Waals surface area contributed by atoms with Gasteiger partial charge >= 0.3 is 0 Å². The first-order valence-electron chi connectivity index (χ1n) is 6.71. The van der Waals surface area contributed by atoms with E-state index in [4.69, 9.17) is 22.5 Å². The van der Waals surface area contributed by atoms with Crippen molar-refractivity contribution in [3.05, 3.63) is 28.8 Å². The molecule has 1 fully saturated rings. The highest BCUT2D eigenvalue weighted by atomic mass is 35.5. The predicted octanol–water partition coefficient (Wildman–Crippen LogP) is 1.96. The Kier molecular flexibility index (Phi) is 4.73. The third-order valence-electron chi connectivity index (χ3n) is 3.97. The standard InChI is InChI=1S/C14H21ClN4O/c1-18-7-5-11(6-8-18)19(2)13-4-3-10(9-12(13)15)14(16)17-20/h3-4,9,11,20H,5-8H2,1-2H3,(H2,16,17). The van der Waals surface area contributed by atoms with Crippen LogP contribution in [0.4, 0.5) is 5.69 Å². The third kappa shape index (κ3) is 3.16. The van der Waals surface area contributed by atoms with Gasteiger partial charge in [0.25, 0.3) is 0 Å². The Morgan fingerprint density at radius 2 is 2.10 bits per heavy atom. The van der Waals surface area contributed by atoms with E-state index in [1.165, 1.54) is 0 Å². The highest BCUT2D eigenvalue weighted by Gasteiger charge is 2.22. The summed E-state index contributed by atoms with van der Waals surface area (Å²) in [5, 5.41) is 12.3. The van der Waals surface area contributed by atoms with Gasteiger partial charge in [-0.15, -0.1) is 0 Å². The summed E-state index contributed by atoms with van der Waals surface area (Å²) < 4.78 is 0. The van der Waals surface area contributed by atoms with Gasteiger partial charge in [-0.25, -0.2) is 0 Å². The second-order valence-corrected chi connectivity index (χ2v) is 5.70. The highest BCUT2D eigenvalue weighted by molar-refractivity contribution is 6.33. The van der Waals surface area contributed by atoms with Crippen LogP contribution < -0.4 is 10.6 Å². The molecule has 3 N–H and O–H groups in total. The van der Waals surface area contributed by atoms with Crippen LogP contribution in [0.3, 0.4) is 0 Å². The zero-order chi connectivity index (χ0) is 14.7. The number of likely N-dealkylation sites (tertiary alicyclic amines) is 1. The summed E-state index contributed by atoms with van der Waals surface area (Å²) in [7, 11) is 4.22. The fourth-order valence-electron chi connectivity index (χ4n) is 2.59. The van der Waals surface area contributed by atoms with Gasteiger partial charge < -0.3 is 20.7 Å². The molecule has 2 rings (SSSR count). The van der Waals surface area contributed by atoms with E-state index in [0.29, 0.717) is 16.6 Å². The van der Waals surface area contributed by atoms with Gasteiger partial charge in [0.1, 0.15) is 0 Å². The summed E-state index contributed by atoms with van der Waals surface area (Å²) in [6.07, 6.45) is 2.26. The maximum Gasteiger partial charge on any atom is 0.170 e. The van der Waals surface area contributed by atoms with Gasteiger partial charge in [0.2, 0.25) is 0 Å². The number of rotatable bonds is 3. The lowest BCUT2D eigenvalue weighted by molar-refractivity contribution is 0.253. The normalized spacial score (nSPS) is 18.2. The number of nitrogens with two attached hydrogens (primary N) is 1. The molecule has 0 amide bonds. The summed E-state index contributed by atoms with van der Waals surface area (Å²) >= 11 is 6.33. The van der Waals surface area contributed by atoms with Gasteiger partial charge in [-0.3, -0.25) is 0 Å². The monoisotopic (exact) mass is 296 g/mol. The number of amidine groups is 1. The minimum atomic E-state index is 0.0698. The van der Waals surface area contributed by atoms with Crippen LogP contribution in [0, 0.1) is 0 Å². The highest BCUT2D eigenvalue weighted by Crippen LogP contribution is 2.29. The molecule has 1 saturated heterocycles. The molecular formula is C14H21ClN4O. The van der Waals surface area contributed by atoms with E-state index in [2.05, 4.69) is 29.1 Å². The van der Waals surface area contributed by atoms with Crippen LogP contribution in [0.15, 0.2) is 23.4 Å². The Morgan fingerprint density at radius 3 is 2.65 bits per heavy atom. The number of piperidine rings is 1. The summed E-state index contributed by atoms with van der Waals surface area (Å²) in [6, 6.07) is 5.98. The maximum atomic E-state index is 8.69. The van der Waals surface area contributed by atoms with Crippen molar-refractivity contribution in [1.29, 1.82) is 0 Å². The van der Waals surface area contributed by atoms with Crippen LogP contribution in [0.25, 0.3) is 0 Å². The van der Waals surface area contributed by atoms with Crippen molar-refractivity contribution in [3.63, 3.8) is 0 Å². The summed E-state index contributed by atoms with van der Waals surface area (Å²) in [6.45, 7) is 2.21. The molecule has 5 nitrogen and oxygen atoms in total. The number of halogens is 1. The summed E-state index contributed by atoms with van der Waals surface area (Å²) in [5.74, 6) is 0.0698. The Hall–Kier alpha value is -1.46. The van der Waals surface area contributed by atoms with Crippen molar-refractivity contribution < 1.29 is 5.21 Å². The molecule has 0 saturated carbocycles. The van der Waals surface area contributed by atoms with Crippen LogP contribution in [0.2, 0.25) is 5.02 Å². The van der Waals surface area contributed by atoms with Crippen molar-refractivity contribution >= 4 is 23.1 Å². The van der Waals surface area contributed by atoms with Gasteiger partial charge in [0.15, 0.2) is 5.84 Å². The molecule has 0 radical (unpaired) electrons. The second-order valence-electron chi connectivity index (χ2n) is 5.30. The lowest BCUT2D eigenvalue weighted by Crippen LogP contribution is -2.42. The van der Waals surface area contributed by atoms with E-state index in [-0.39, 0.29) is 5.84 Å². The van der Waals surface area contributed by atoms with Crippen LogP contribution in [-0.4, -0.2) is 49.2 Å². The Bertz CT molecular complexity index is 498. The van der Waals surface area contributed by atoms with Crippen LogP contribution in [-0.2, 0) is 0 Å². The zero-order valence-corrected chi connectivity index (χ0v) is 12.6. The van der Waals surface area contributed by atoms with Gasteiger partial charge in [-0.1, -0.05) is 16.8 Å². The van der Waals surface area contributed by atoms with Crippen molar-refractivity contribution in [1.82, 2.24) is 4.90 Å². The lowest BCUT2D eigenvalue weighted by atomic mass is 10.0. The number of benzene rings is 1. The molecule has 0 spiro atoms. The summed E-state index contributed by atoms with van der Waals surface area (Å²) in [5.41, 5.74) is 7.17. The van der Waals surface area contributed by atoms with Gasteiger partial charge in [0.05, 0.1) is 10.7 Å². The zero-order valence-electron chi connectivity index (χ0n) is 11.9. The molecule has 0 aromatic heterocycles. The molecule has 1 heterocycles. The first-order valence-corrected chi connectivity index (χ1v) is 7.09. The molecule has 20 heavy (non-hydrogen) atoms. The van der Waals surface area contributed by atoms with Crippen molar-refractivity contribution in [2.45, 2.75) is 18.9 Å². The molecule has 110 valence electrons. The Labute approximate surface area is 124 Å². The SMILES string of the molecule is CN1CCC(N(C)c2ccc(C(N)=NO)cc2Cl)CC1. The first kappa shape index (κ1) is 14.9.